The van der Waals surface area contributed by atoms with E-state index in [1.165, 1.54) is 10.2 Å². The van der Waals surface area contributed by atoms with Crippen LogP contribution >= 0.6 is 15.9 Å². The fourth-order valence-electron chi connectivity index (χ4n) is 10.6. The summed E-state index contributed by atoms with van der Waals surface area (Å²) in [4.78, 5) is 71.1. The van der Waals surface area contributed by atoms with Crippen molar-refractivity contribution in [2.45, 2.75) is 51.1 Å². The number of halogens is 1. The first-order valence-corrected chi connectivity index (χ1v) is 25.7. The van der Waals surface area contributed by atoms with Gasteiger partial charge in [0.15, 0.2) is 0 Å². The summed E-state index contributed by atoms with van der Waals surface area (Å²) < 4.78 is 32.8. The molecule has 5 aliphatic heterocycles. The number of imide groups is 2. The first kappa shape index (κ1) is 45.7. The van der Waals surface area contributed by atoms with Gasteiger partial charge in [0.2, 0.25) is 27.8 Å². The lowest BCUT2D eigenvalue weighted by Gasteiger charge is -2.44. The molecule has 5 aliphatic rings. The maximum absolute atomic E-state index is 13.4. The van der Waals surface area contributed by atoms with Crippen molar-refractivity contribution in [2.24, 2.45) is 5.92 Å². The number of para-hydroxylation sites is 1. The summed E-state index contributed by atoms with van der Waals surface area (Å²) in [7, 11) is -1.88. The van der Waals surface area contributed by atoms with Crippen molar-refractivity contribution >= 4 is 95.0 Å². The van der Waals surface area contributed by atoms with Crippen molar-refractivity contribution in [2.75, 3.05) is 92.7 Å². The van der Waals surface area contributed by atoms with E-state index in [0.717, 1.165) is 111 Å². The molecule has 0 bridgehead atoms. The van der Waals surface area contributed by atoms with Gasteiger partial charge in [-0.15, -0.1) is 0 Å². The zero-order valence-electron chi connectivity index (χ0n) is 38.2. The number of benzene rings is 3. The number of amides is 4. The zero-order chi connectivity index (χ0) is 47.4. The number of piperazine rings is 1. The average molecular weight is 1010 g/mol. The number of aromatic nitrogens is 3. The van der Waals surface area contributed by atoms with Crippen LogP contribution in [-0.4, -0.2) is 145 Å². The zero-order valence-corrected chi connectivity index (χ0v) is 40.6. The number of fused-ring (bicyclic) bond motifs is 2. The molecule has 3 N–H and O–H groups in total. The lowest BCUT2D eigenvalue weighted by molar-refractivity contribution is -0.136. The highest BCUT2D eigenvalue weighted by atomic mass is 79.9. The maximum atomic E-state index is 13.4. The average Bonchev–Trinajstić information content (AvgIpc) is 4.05. The van der Waals surface area contributed by atoms with E-state index in [9.17, 15) is 27.6 Å². The molecule has 4 saturated heterocycles. The molecule has 356 valence electrons. The highest BCUT2D eigenvalue weighted by Crippen LogP contribution is 2.38. The Morgan fingerprint density at radius 3 is 2.37 bits per heavy atom. The molecule has 4 amide bonds. The molecule has 2 aromatic heterocycles. The lowest BCUT2D eigenvalue weighted by Crippen LogP contribution is -2.54. The third kappa shape index (κ3) is 8.89. The predicted molar refractivity (Wildman–Crippen MR) is 263 cm³/mol. The molecule has 5 aromatic rings. The third-order valence-electron chi connectivity index (χ3n) is 14.1. The van der Waals surface area contributed by atoms with Crippen LogP contribution < -0.4 is 30.5 Å². The number of carbonyl (C=O) groups is 4. The highest BCUT2D eigenvalue weighted by molar-refractivity contribution is 9.10. The van der Waals surface area contributed by atoms with Crippen LogP contribution in [0.15, 0.2) is 71.5 Å². The quantitative estimate of drug-likeness (QED) is 0.136. The molecule has 4 fully saturated rings. The van der Waals surface area contributed by atoms with Crippen molar-refractivity contribution in [1.29, 1.82) is 0 Å². The number of nitrogens with zero attached hydrogens (tertiary/aromatic N) is 8. The molecule has 0 spiro atoms. The summed E-state index contributed by atoms with van der Waals surface area (Å²) >= 11 is 3.55. The topological polar surface area (TPSA) is 195 Å². The van der Waals surface area contributed by atoms with E-state index < -0.39 is 33.8 Å². The molecular weight excluding hydrogens is 955 g/mol. The Balaban J connectivity index is 0.709. The molecule has 10 rings (SSSR count). The largest absolute Gasteiger partial charge is 0.494 e. The molecule has 0 aliphatic carbocycles. The third-order valence-corrected chi connectivity index (χ3v) is 15.7. The number of piperidine rings is 2. The number of carbonyl (C=O) groups excluding carboxylic acids is 4. The number of aryl methyl sites for hydroxylation is 1. The van der Waals surface area contributed by atoms with Gasteiger partial charge in [-0.1, -0.05) is 12.1 Å². The smallest absolute Gasteiger partial charge is 0.262 e. The van der Waals surface area contributed by atoms with Crippen LogP contribution in [0.2, 0.25) is 0 Å². The summed E-state index contributed by atoms with van der Waals surface area (Å²) in [6.45, 7) is 10.9. The van der Waals surface area contributed by atoms with Crippen LogP contribution in [0.1, 0.15) is 58.4 Å². The van der Waals surface area contributed by atoms with Crippen LogP contribution in [0.25, 0.3) is 10.9 Å². The van der Waals surface area contributed by atoms with E-state index in [0.29, 0.717) is 56.3 Å². The van der Waals surface area contributed by atoms with E-state index in [4.69, 9.17) is 9.72 Å². The van der Waals surface area contributed by atoms with Gasteiger partial charge in [-0.05, 0) is 96.4 Å². The van der Waals surface area contributed by atoms with Crippen molar-refractivity contribution in [1.82, 2.24) is 34.0 Å². The van der Waals surface area contributed by atoms with Crippen molar-refractivity contribution in [3.8, 4) is 5.75 Å². The van der Waals surface area contributed by atoms with Crippen molar-refractivity contribution in [3.63, 3.8) is 0 Å². The minimum Gasteiger partial charge on any atom is -0.494 e. The second-order valence-corrected chi connectivity index (χ2v) is 21.1. The number of methoxy groups -OCH3 is 1. The number of anilines is 6. The molecule has 7 heterocycles. The van der Waals surface area contributed by atoms with Gasteiger partial charge in [0.05, 0.1) is 45.9 Å². The van der Waals surface area contributed by atoms with E-state index >= 15 is 0 Å². The molecule has 3 aromatic carbocycles. The second kappa shape index (κ2) is 18.4. The first-order chi connectivity index (χ1) is 32.7. The summed E-state index contributed by atoms with van der Waals surface area (Å²) in [6, 6.07) is 16.4. The van der Waals surface area contributed by atoms with Gasteiger partial charge in [0.1, 0.15) is 17.6 Å². The number of hydrogen-bond acceptors (Lipinski definition) is 15. The number of nitrogens with one attached hydrogen (secondary N) is 3. The van der Waals surface area contributed by atoms with Crippen LogP contribution in [-0.2, 0) is 19.6 Å². The van der Waals surface area contributed by atoms with Crippen LogP contribution in [0.5, 0.6) is 5.75 Å². The highest BCUT2D eigenvalue weighted by Gasteiger charge is 2.45. The molecule has 18 nitrogen and oxygen atoms in total. The van der Waals surface area contributed by atoms with E-state index in [1.54, 1.807) is 37.7 Å². The van der Waals surface area contributed by atoms with E-state index in [-0.39, 0.29) is 18.7 Å². The molecule has 0 saturated carbocycles. The van der Waals surface area contributed by atoms with E-state index in [2.05, 4.69) is 75.5 Å². The van der Waals surface area contributed by atoms with Crippen LogP contribution in [0.4, 0.5) is 34.5 Å². The monoisotopic (exact) mass is 1010 g/mol. The number of ether oxygens (including phenoxy) is 1. The number of rotatable bonds is 12. The van der Waals surface area contributed by atoms with Gasteiger partial charge in [0.25, 0.3) is 11.8 Å². The summed E-state index contributed by atoms with van der Waals surface area (Å²) in [5.41, 5.74) is 5.61. The summed E-state index contributed by atoms with van der Waals surface area (Å²) in [6.07, 6.45) is 7.79. The van der Waals surface area contributed by atoms with Gasteiger partial charge >= 0.3 is 0 Å². The Bertz CT molecular complexity index is 2950. The maximum Gasteiger partial charge on any atom is 0.262 e. The Morgan fingerprint density at radius 1 is 0.853 bits per heavy atom. The van der Waals surface area contributed by atoms with Crippen LogP contribution in [0.3, 0.4) is 0 Å². The fourth-order valence-corrected chi connectivity index (χ4v) is 11.7. The molecule has 20 heteroatoms. The Labute approximate surface area is 403 Å². The first-order valence-electron chi connectivity index (χ1n) is 23.1. The second-order valence-electron chi connectivity index (χ2n) is 18.4. The Morgan fingerprint density at radius 2 is 1.62 bits per heavy atom. The normalized spacial score (nSPS) is 20.9. The summed E-state index contributed by atoms with van der Waals surface area (Å²) in [5.74, 6) is 0.0137. The van der Waals surface area contributed by atoms with Crippen LogP contribution in [0, 0.1) is 12.8 Å². The standard InChI is InChI=1S/C48H54BrN11O7S/c1-29-23-38(52-48-50-26-36(49)44(54-48)51-37-6-4-5-31-12-18-59(43(31)37)68(3,65)66)41(67-2)25-40(29)57-16-13-32(14-17-57)56-21-19-55(20-22-56)27-30-11-15-58(28-30)33-7-8-34-35(24-33)47(64)60(46(34)63)39-9-10-42(61)53-45(39)62/h4-8,12,18,23-26,30,32,39H,9-11,13-17,19-22,27-28H2,1-3H3,(H,53,61,62)(H2,50,51,52,54). The predicted octanol–water partition coefficient (Wildman–Crippen LogP) is 5.32. The molecule has 2 atom stereocenters. The van der Waals surface area contributed by atoms with Crippen molar-refractivity contribution in [3.05, 3.63) is 88.2 Å². The molecule has 68 heavy (non-hydrogen) atoms. The van der Waals surface area contributed by atoms with E-state index in [1.807, 2.05) is 24.3 Å². The van der Waals surface area contributed by atoms with Gasteiger partial charge < -0.3 is 30.1 Å². The number of hydrogen-bond donors (Lipinski definition) is 3. The van der Waals surface area contributed by atoms with Crippen molar-refractivity contribution < 1.29 is 32.3 Å². The molecule has 0 radical (unpaired) electrons. The fraction of sp³-hybridized carbons (Fsp3) is 0.417. The molecular formula is C48H54BrN11O7S. The molecule has 2 unspecified atom stereocenters. The minimum atomic E-state index is -3.54. The lowest BCUT2D eigenvalue weighted by atomic mass is 10.00. The summed E-state index contributed by atoms with van der Waals surface area (Å²) in [5, 5.41) is 9.68. The minimum absolute atomic E-state index is 0.0927. The SMILES string of the molecule is COc1cc(N2CCC(N3CCN(CC4CCN(c5ccc6c(c5)C(=O)N(C5CCC(=O)NC5=O)C6=O)C4)CC3)CC2)c(C)cc1Nc1ncc(Br)c(Nc2cccc3ccn(S(C)(=O)=O)c23)n1. The Kier molecular flexibility index (Phi) is 12.4. The van der Waals surface area contributed by atoms with Gasteiger partial charge in [-0.3, -0.25) is 34.3 Å². The van der Waals surface area contributed by atoms with Gasteiger partial charge in [-0.25, -0.2) is 17.4 Å². The Hall–Kier alpha value is -6.09. The van der Waals surface area contributed by atoms with Gasteiger partial charge in [0, 0.05) is 107 Å². The van der Waals surface area contributed by atoms with Gasteiger partial charge in [-0.2, -0.15) is 4.98 Å².